The number of likely N-dealkylation sites (tertiary alicyclic amines) is 1. The first-order valence-corrected chi connectivity index (χ1v) is 11.9. The van der Waals surface area contributed by atoms with Crippen LogP contribution in [0.5, 0.6) is 0 Å². The van der Waals surface area contributed by atoms with Crippen molar-refractivity contribution in [2.45, 2.75) is 32.2 Å². The second-order valence-corrected chi connectivity index (χ2v) is 9.65. The predicted molar refractivity (Wildman–Crippen MR) is 128 cm³/mol. The molecule has 0 bridgehead atoms. The van der Waals surface area contributed by atoms with E-state index in [9.17, 15) is 9.59 Å². The summed E-state index contributed by atoms with van der Waals surface area (Å²) in [7, 11) is 1.70. The molecule has 6 rings (SSSR count). The van der Waals surface area contributed by atoms with Crippen molar-refractivity contribution in [1.29, 1.82) is 0 Å². The molecule has 1 saturated carbocycles. The maximum atomic E-state index is 12.9. The van der Waals surface area contributed by atoms with E-state index in [1.54, 1.807) is 11.6 Å². The van der Waals surface area contributed by atoms with Gasteiger partial charge in [0.05, 0.1) is 0 Å². The minimum atomic E-state index is -0.105. The number of carbonyl (C=O) groups excluding carboxylic acids is 1. The average Bonchev–Trinajstić information content (AvgIpc) is 3.28. The summed E-state index contributed by atoms with van der Waals surface area (Å²) in [6, 6.07) is 14.9. The third kappa shape index (κ3) is 3.73. The number of hydrogen-bond donors (Lipinski definition) is 0. The first-order valence-electron chi connectivity index (χ1n) is 11.9. The van der Waals surface area contributed by atoms with Crippen LogP contribution < -0.4 is 5.69 Å². The molecule has 0 spiro atoms. The van der Waals surface area contributed by atoms with Gasteiger partial charge in [0.15, 0.2) is 5.82 Å². The Hall–Kier alpha value is -3.41. The molecule has 1 aliphatic heterocycles. The zero-order valence-corrected chi connectivity index (χ0v) is 18.9. The Labute approximate surface area is 193 Å². The number of aryl methyl sites for hydroxylation is 1. The van der Waals surface area contributed by atoms with Crippen molar-refractivity contribution >= 4 is 12.0 Å². The van der Waals surface area contributed by atoms with Gasteiger partial charge in [-0.25, -0.2) is 9.48 Å². The van der Waals surface area contributed by atoms with Crippen molar-refractivity contribution in [1.82, 2.24) is 19.2 Å². The molecule has 6 nitrogen and oxygen atoms in total. The molecule has 3 aromatic rings. The van der Waals surface area contributed by atoms with E-state index in [-0.39, 0.29) is 17.5 Å². The summed E-state index contributed by atoms with van der Waals surface area (Å²) >= 11 is 0. The number of hydrogen-bond acceptors (Lipinski definition) is 3. The SMILES string of the molecule is Cn1nc(-c2ccc(-c3ccc4c(c3)C=CC4)cc2)n(C[C@@H]2CCN(C(=O)C3CC3)C2)c1=O. The Bertz CT molecular complexity index is 1310. The molecule has 0 unspecified atom stereocenters. The van der Waals surface area contributed by atoms with Crippen LogP contribution in [0.1, 0.15) is 30.4 Å². The zero-order valence-electron chi connectivity index (χ0n) is 18.9. The fourth-order valence-corrected chi connectivity index (χ4v) is 5.15. The number of rotatable bonds is 5. The third-order valence-electron chi connectivity index (χ3n) is 7.23. The quantitative estimate of drug-likeness (QED) is 0.607. The van der Waals surface area contributed by atoms with Crippen LogP contribution >= 0.6 is 0 Å². The van der Waals surface area contributed by atoms with Crippen LogP contribution in [-0.2, 0) is 24.8 Å². The van der Waals surface area contributed by atoms with E-state index in [1.165, 1.54) is 21.4 Å². The molecular weight excluding hydrogens is 412 g/mol. The predicted octanol–water partition coefficient (Wildman–Crippen LogP) is 3.74. The normalized spacial score (nSPS) is 19.3. The number of benzene rings is 2. The molecule has 2 heterocycles. The maximum absolute atomic E-state index is 12.9. The number of carbonyl (C=O) groups is 1. The van der Waals surface area contributed by atoms with Gasteiger partial charge in [-0.15, -0.1) is 5.10 Å². The van der Waals surface area contributed by atoms with Crippen LogP contribution in [0.2, 0.25) is 0 Å². The molecule has 33 heavy (non-hydrogen) atoms. The molecule has 0 radical (unpaired) electrons. The van der Waals surface area contributed by atoms with Crippen molar-refractivity contribution in [3.8, 4) is 22.5 Å². The smallest absolute Gasteiger partial charge is 0.342 e. The molecule has 1 aromatic heterocycles. The minimum absolute atomic E-state index is 0.105. The summed E-state index contributed by atoms with van der Waals surface area (Å²) in [5.41, 5.74) is 5.83. The summed E-state index contributed by atoms with van der Waals surface area (Å²) < 4.78 is 3.20. The van der Waals surface area contributed by atoms with Crippen molar-refractivity contribution in [3.05, 3.63) is 70.2 Å². The van der Waals surface area contributed by atoms with Crippen LogP contribution in [0.15, 0.2) is 53.3 Å². The van der Waals surface area contributed by atoms with Crippen LogP contribution in [0.4, 0.5) is 0 Å². The molecule has 1 saturated heterocycles. The highest BCUT2D eigenvalue weighted by atomic mass is 16.2. The van der Waals surface area contributed by atoms with E-state index >= 15 is 0 Å². The Kier molecular flexibility index (Phi) is 4.82. The summed E-state index contributed by atoms with van der Waals surface area (Å²) in [6.45, 7) is 2.13. The molecular formula is C27H28N4O2. The number of fused-ring (bicyclic) bond motifs is 1. The number of allylic oxidation sites excluding steroid dienone is 1. The molecule has 6 heteroatoms. The third-order valence-corrected chi connectivity index (χ3v) is 7.23. The first kappa shape index (κ1) is 20.2. The Morgan fingerprint density at radius 3 is 2.58 bits per heavy atom. The minimum Gasteiger partial charge on any atom is -0.342 e. The number of aromatic nitrogens is 3. The fourth-order valence-electron chi connectivity index (χ4n) is 5.15. The molecule has 1 amide bonds. The molecule has 2 aliphatic carbocycles. The molecule has 0 N–H and O–H groups in total. The van der Waals surface area contributed by atoms with Crippen LogP contribution in [-0.4, -0.2) is 38.2 Å². The van der Waals surface area contributed by atoms with Crippen molar-refractivity contribution in [2.75, 3.05) is 13.1 Å². The van der Waals surface area contributed by atoms with Gasteiger partial charge in [-0.1, -0.05) is 48.6 Å². The summed E-state index contributed by atoms with van der Waals surface area (Å²) in [6.07, 6.45) is 8.39. The fraction of sp³-hybridized carbons (Fsp3) is 0.370. The van der Waals surface area contributed by atoms with E-state index in [1.807, 2.05) is 17.0 Å². The van der Waals surface area contributed by atoms with Crippen molar-refractivity contribution in [2.24, 2.45) is 18.9 Å². The van der Waals surface area contributed by atoms with Gasteiger partial charge in [0.25, 0.3) is 0 Å². The van der Waals surface area contributed by atoms with Crippen LogP contribution in [0, 0.1) is 11.8 Å². The van der Waals surface area contributed by atoms with Gasteiger partial charge < -0.3 is 4.90 Å². The van der Waals surface area contributed by atoms with Gasteiger partial charge in [-0.3, -0.25) is 9.36 Å². The Balaban J connectivity index is 1.24. The van der Waals surface area contributed by atoms with Gasteiger partial charge in [0.2, 0.25) is 5.91 Å². The van der Waals surface area contributed by atoms with E-state index < -0.39 is 0 Å². The van der Waals surface area contributed by atoms with Crippen LogP contribution in [0.3, 0.4) is 0 Å². The molecule has 2 aromatic carbocycles. The number of amides is 1. The lowest BCUT2D eigenvalue weighted by Crippen LogP contribution is -2.31. The molecule has 1 atom stereocenters. The summed E-state index contributed by atoms with van der Waals surface area (Å²) in [4.78, 5) is 27.3. The highest BCUT2D eigenvalue weighted by Gasteiger charge is 2.37. The van der Waals surface area contributed by atoms with Crippen molar-refractivity contribution < 1.29 is 4.79 Å². The molecule has 2 fully saturated rings. The topological polar surface area (TPSA) is 60.1 Å². The second-order valence-electron chi connectivity index (χ2n) is 9.65. The first-order chi connectivity index (χ1) is 16.1. The largest absolute Gasteiger partial charge is 0.345 e. The van der Waals surface area contributed by atoms with Crippen molar-refractivity contribution in [3.63, 3.8) is 0 Å². The molecule has 3 aliphatic rings. The Morgan fingerprint density at radius 2 is 1.79 bits per heavy atom. The monoisotopic (exact) mass is 440 g/mol. The summed E-state index contributed by atoms with van der Waals surface area (Å²) in [5.74, 6) is 1.53. The Morgan fingerprint density at radius 1 is 1.03 bits per heavy atom. The zero-order chi connectivity index (χ0) is 22.5. The van der Waals surface area contributed by atoms with E-state index in [4.69, 9.17) is 0 Å². The van der Waals surface area contributed by atoms with Gasteiger partial charge in [-0.2, -0.15) is 0 Å². The summed E-state index contributed by atoms with van der Waals surface area (Å²) in [5, 5.41) is 4.54. The second kappa shape index (κ2) is 7.87. The lowest BCUT2D eigenvalue weighted by Gasteiger charge is -2.16. The standard InChI is InChI=1S/C27H28N4O2/c1-29-27(33)31(17-18-13-14-30(16-18)26(32)22-10-11-22)25(28-29)21-8-5-20(6-9-21)24-12-7-19-3-2-4-23(19)15-24/h2,4-9,12,15,18,22H,3,10-11,13-14,16-17H2,1H3/t18-/m1/s1. The lowest BCUT2D eigenvalue weighted by atomic mass is 9.99. The van der Waals surface area contributed by atoms with Gasteiger partial charge in [0, 0.05) is 38.2 Å². The van der Waals surface area contributed by atoms with E-state index in [0.717, 1.165) is 49.9 Å². The molecule has 168 valence electrons. The van der Waals surface area contributed by atoms with E-state index in [0.29, 0.717) is 18.3 Å². The van der Waals surface area contributed by atoms with Gasteiger partial charge in [-0.05, 0) is 59.9 Å². The maximum Gasteiger partial charge on any atom is 0.345 e. The van der Waals surface area contributed by atoms with Crippen LogP contribution in [0.25, 0.3) is 28.6 Å². The van der Waals surface area contributed by atoms with Gasteiger partial charge >= 0.3 is 5.69 Å². The van der Waals surface area contributed by atoms with Gasteiger partial charge in [0.1, 0.15) is 0 Å². The lowest BCUT2D eigenvalue weighted by molar-refractivity contribution is -0.131. The van der Waals surface area contributed by atoms with E-state index in [2.05, 4.69) is 47.6 Å². The average molecular weight is 441 g/mol. The number of nitrogens with zero attached hydrogens (tertiary/aromatic N) is 4. The highest BCUT2D eigenvalue weighted by Crippen LogP contribution is 2.33. The highest BCUT2D eigenvalue weighted by molar-refractivity contribution is 5.81.